The molecule has 0 saturated carbocycles. The Bertz CT molecular complexity index is 587. The van der Waals surface area contributed by atoms with E-state index < -0.39 is 0 Å². The number of nitrogens with one attached hydrogen (secondary N) is 1. The van der Waals surface area contributed by atoms with Gasteiger partial charge in [0.25, 0.3) is 0 Å². The molecule has 2 rings (SSSR count). The molecule has 1 heterocycles. The quantitative estimate of drug-likeness (QED) is 0.890. The Labute approximate surface area is 130 Å². The molecule has 0 unspecified atom stereocenters. The monoisotopic (exact) mass is 305 g/mol. The van der Waals surface area contributed by atoms with E-state index in [0.717, 1.165) is 23.8 Å². The van der Waals surface area contributed by atoms with Crippen molar-refractivity contribution >= 4 is 17.4 Å². The van der Waals surface area contributed by atoms with Crippen molar-refractivity contribution in [1.82, 2.24) is 10.3 Å². The van der Waals surface area contributed by atoms with Gasteiger partial charge in [0.05, 0.1) is 17.8 Å². The van der Waals surface area contributed by atoms with E-state index in [1.165, 1.54) is 5.56 Å². The van der Waals surface area contributed by atoms with Gasteiger partial charge >= 0.3 is 0 Å². The molecule has 1 N–H and O–H groups in total. The van der Waals surface area contributed by atoms with Crippen LogP contribution in [0.4, 0.5) is 5.82 Å². The van der Waals surface area contributed by atoms with E-state index in [-0.39, 0.29) is 0 Å². The third-order valence-electron chi connectivity index (χ3n) is 3.22. The largest absolute Gasteiger partial charge is 0.497 e. The number of nitrogens with zero attached hydrogens (tertiary/aromatic N) is 2. The summed E-state index contributed by atoms with van der Waals surface area (Å²) < 4.78 is 5.17. The molecule has 112 valence electrons. The minimum atomic E-state index is 0.656. The van der Waals surface area contributed by atoms with Crippen LogP contribution in [0.2, 0.25) is 5.02 Å². The number of hydrogen-bond donors (Lipinski definition) is 1. The zero-order valence-corrected chi connectivity index (χ0v) is 13.3. The lowest BCUT2D eigenvalue weighted by Gasteiger charge is -2.19. The second-order valence-electron chi connectivity index (χ2n) is 4.83. The third-order valence-corrected chi connectivity index (χ3v) is 3.56. The second kappa shape index (κ2) is 7.29. The Morgan fingerprint density at radius 1 is 1.19 bits per heavy atom. The topological polar surface area (TPSA) is 37.4 Å². The van der Waals surface area contributed by atoms with Crippen molar-refractivity contribution in [1.29, 1.82) is 0 Å². The van der Waals surface area contributed by atoms with E-state index in [0.29, 0.717) is 11.6 Å². The molecule has 0 saturated heterocycles. The van der Waals surface area contributed by atoms with Gasteiger partial charge in [-0.25, -0.2) is 4.98 Å². The Balaban J connectivity index is 2.11. The lowest BCUT2D eigenvalue weighted by atomic mass is 10.2. The van der Waals surface area contributed by atoms with E-state index in [1.54, 1.807) is 7.11 Å². The van der Waals surface area contributed by atoms with Crippen molar-refractivity contribution in [3.05, 3.63) is 52.7 Å². The molecule has 2 aromatic rings. The summed E-state index contributed by atoms with van der Waals surface area (Å²) in [5, 5.41) is 3.76. The number of pyridine rings is 1. The highest BCUT2D eigenvalue weighted by Gasteiger charge is 2.08. The first-order valence-electron chi connectivity index (χ1n) is 6.78. The van der Waals surface area contributed by atoms with Gasteiger partial charge in [0.1, 0.15) is 11.6 Å². The fourth-order valence-corrected chi connectivity index (χ4v) is 2.23. The van der Waals surface area contributed by atoms with E-state index in [1.807, 2.05) is 38.4 Å². The van der Waals surface area contributed by atoms with Crippen LogP contribution in [0.25, 0.3) is 0 Å². The molecule has 0 atom stereocenters. The van der Waals surface area contributed by atoms with Crippen molar-refractivity contribution in [2.24, 2.45) is 0 Å². The van der Waals surface area contributed by atoms with Crippen LogP contribution in [-0.4, -0.2) is 26.2 Å². The van der Waals surface area contributed by atoms with Gasteiger partial charge < -0.3 is 15.0 Å². The lowest BCUT2D eigenvalue weighted by molar-refractivity contribution is 0.414. The molecule has 0 radical (unpaired) electrons. The molecule has 4 nitrogen and oxygen atoms in total. The Kier molecular flexibility index (Phi) is 5.42. The Hall–Kier alpha value is -1.78. The molecule has 0 spiro atoms. The molecule has 5 heteroatoms. The third kappa shape index (κ3) is 4.09. The highest BCUT2D eigenvalue weighted by atomic mass is 35.5. The maximum absolute atomic E-state index is 6.14. The van der Waals surface area contributed by atoms with Gasteiger partial charge in [-0.2, -0.15) is 0 Å². The van der Waals surface area contributed by atoms with Gasteiger partial charge in [0.2, 0.25) is 0 Å². The standard InChI is InChI=1S/C16H20ClN3O/c1-18-10-15-14(17)8-9-16(19-15)20(2)11-12-4-6-13(21-3)7-5-12/h4-9,18H,10-11H2,1-3H3. The van der Waals surface area contributed by atoms with Gasteiger partial charge in [0, 0.05) is 20.1 Å². The summed E-state index contributed by atoms with van der Waals surface area (Å²) in [5.74, 6) is 1.77. The first-order valence-corrected chi connectivity index (χ1v) is 7.16. The van der Waals surface area contributed by atoms with Crippen molar-refractivity contribution < 1.29 is 4.74 Å². The molecule has 0 aliphatic rings. The lowest BCUT2D eigenvalue weighted by Crippen LogP contribution is -2.19. The molecule has 1 aromatic carbocycles. The van der Waals surface area contributed by atoms with Crippen molar-refractivity contribution in [3.63, 3.8) is 0 Å². The van der Waals surface area contributed by atoms with E-state index in [9.17, 15) is 0 Å². The maximum Gasteiger partial charge on any atom is 0.129 e. The number of aromatic nitrogens is 1. The minimum absolute atomic E-state index is 0.656. The van der Waals surface area contributed by atoms with Crippen molar-refractivity contribution in [3.8, 4) is 5.75 Å². The number of halogens is 1. The molecule has 0 aliphatic carbocycles. The molecule has 0 fully saturated rings. The predicted molar refractivity (Wildman–Crippen MR) is 87.1 cm³/mol. The van der Waals surface area contributed by atoms with E-state index >= 15 is 0 Å². The van der Waals surface area contributed by atoms with Crippen LogP contribution >= 0.6 is 11.6 Å². The Morgan fingerprint density at radius 3 is 2.52 bits per heavy atom. The summed E-state index contributed by atoms with van der Waals surface area (Å²) in [6.07, 6.45) is 0. The summed E-state index contributed by atoms with van der Waals surface area (Å²) in [4.78, 5) is 6.69. The van der Waals surface area contributed by atoms with E-state index in [2.05, 4.69) is 27.3 Å². The average molecular weight is 306 g/mol. The van der Waals surface area contributed by atoms with Crippen LogP contribution in [0.3, 0.4) is 0 Å². The van der Waals surface area contributed by atoms with Crippen molar-refractivity contribution in [2.75, 3.05) is 26.1 Å². The highest BCUT2D eigenvalue weighted by molar-refractivity contribution is 6.31. The molecule has 0 amide bonds. The minimum Gasteiger partial charge on any atom is -0.497 e. The first kappa shape index (κ1) is 15.6. The molecule has 0 bridgehead atoms. The number of benzene rings is 1. The maximum atomic E-state index is 6.14. The molecular formula is C16H20ClN3O. The number of anilines is 1. The number of methoxy groups -OCH3 is 1. The predicted octanol–water partition coefficient (Wildman–Crippen LogP) is 3.10. The average Bonchev–Trinajstić information content (AvgIpc) is 2.50. The van der Waals surface area contributed by atoms with Gasteiger partial charge in [-0.05, 0) is 36.9 Å². The molecular weight excluding hydrogens is 286 g/mol. The summed E-state index contributed by atoms with van der Waals surface area (Å²) in [6, 6.07) is 11.9. The van der Waals surface area contributed by atoms with Crippen LogP contribution in [-0.2, 0) is 13.1 Å². The molecule has 0 aliphatic heterocycles. The normalized spacial score (nSPS) is 10.5. The van der Waals surface area contributed by atoms with Crippen LogP contribution in [0.15, 0.2) is 36.4 Å². The summed E-state index contributed by atoms with van der Waals surface area (Å²) >= 11 is 6.14. The number of rotatable bonds is 6. The number of ether oxygens (including phenoxy) is 1. The van der Waals surface area contributed by atoms with Gasteiger partial charge in [-0.3, -0.25) is 0 Å². The fourth-order valence-electron chi connectivity index (χ4n) is 2.06. The van der Waals surface area contributed by atoms with Gasteiger partial charge in [0.15, 0.2) is 0 Å². The van der Waals surface area contributed by atoms with Crippen LogP contribution < -0.4 is 15.0 Å². The van der Waals surface area contributed by atoms with Crippen LogP contribution in [0.1, 0.15) is 11.3 Å². The van der Waals surface area contributed by atoms with Crippen LogP contribution in [0, 0.1) is 0 Å². The van der Waals surface area contributed by atoms with Gasteiger partial charge in [-0.1, -0.05) is 23.7 Å². The molecule has 1 aromatic heterocycles. The van der Waals surface area contributed by atoms with Gasteiger partial charge in [-0.15, -0.1) is 0 Å². The summed E-state index contributed by atoms with van der Waals surface area (Å²) in [6.45, 7) is 1.43. The van der Waals surface area contributed by atoms with Crippen molar-refractivity contribution in [2.45, 2.75) is 13.1 Å². The highest BCUT2D eigenvalue weighted by Crippen LogP contribution is 2.20. The first-order chi connectivity index (χ1) is 10.1. The van der Waals surface area contributed by atoms with Crippen LogP contribution in [0.5, 0.6) is 5.75 Å². The summed E-state index contributed by atoms with van der Waals surface area (Å²) in [5.41, 5.74) is 2.06. The SMILES string of the molecule is CNCc1nc(N(C)Cc2ccc(OC)cc2)ccc1Cl. The zero-order chi connectivity index (χ0) is 15.2. The van der Waals surface area contributed by atoms with E-state index in [4.69, 9.17) is 16.3 Å². The fraction of sp³-hybridized carbons (Fsp3) is 0.312. The summed E-state index contributed by atoms with van der Waals surface area (Å²) in [7, 11) is 5.57. The Morgan fingerprint density at radius 2 is 1.90 bits per heavy atom. The smallest absolute Gasteiger partial charge is 0.129 e. The molecule has 21 heavy (non-hydrogen) atoms. The second-order valence-corrected chi connectivity index (χ2v) is 5.24. The number of hydrogen-bond acceptors (Lipinski definition) is 4. The zero-order valence-electron chi connectivity index (χ0n) is 12.6.